The smallest absolute Gasteiger partial charge is 0.269 e. The second kappa shape index (κ2) is 9.47. The van der Waals surface area contributed by atoms with Crippen LogP contribution in [0.1, 0.15) is 41.7 Å². The number of piperidine rings is 1. The summed E-state index contributed by atoms with van der Waals surface area (Å²) in [5.74, 6) is 4.69. The zero-order valence-corrected chi connectivity index (χ0v) is 19.7. The number of rotatable bonds is 6. The second-order valence-electron chi connectivity index (χ2n) is 8.47. The molecule has 0 aliphatic carbocycles. The number of fused-ring (bicyclic) bond motifs is 1. The zero-order chi connectivity index (χ0) is 24.4. The number of benzene rings is 2. The number of imidazole rings is 1. The molecule has 3 N–H and O–H groups in total. The molecule has 178 valence electrons. The van der Waals surface area contributed by atoms with Gasteiger partial charge in [0.1, 0.15) is 11.4 Å². The highest BCUT2D eigenvalue weighted by atomic mass is 16.5. The molecule has 1 aliphatic heterocycles. The van der Waals surface area contributed by atoms with Crippen LogP contribution < -0.4 is 15.2 Å². The number of nitrogens with one attached hydrogen (secondary N) is 1. The Morgan fingerprint density at radius 2 is 1.83 bits per heavy atom. The molecular weight excluding hydrogens is 442 g/mol. The van der Waals surface area contributed by atoms with Crippen molar-refractivity contribution in [1.82, 2.24) is 19.5 Å². The molecule has 2 aromatic heterocycles. The molecule has 3 heterocycles. The van der Waals surface area contributed by atoms with Crippen LogP contribution in [0.15, 0.2) is 54.7 Å². The number of aromatic nitrogens is 3. The number of H-pyrrole nitrogens is 1. The maximum atomic E-state index is 12.4. The van der Waals surface area contributed by atoms with Crippen molar-refractivity contribution < 1.29 is 14.3 Å². The number of amides is 1. The average molecular weight is 470 g/mol. The monoisotopic (exact) mass is 469 g/mol. The predicted octanol–water partition coefficient (Wildman–Crippen LogP) is 4.39. The SMILES string of the molecule is CC#CN1CCC(c2cnn3c(C(N)=O)c(-c4ccc(Oc5ccccc5OC)cc4)[nH]c23)CC1. The van der Waals surface area contributed by atoms with Crippen LogP contribution in [0, 0.1) is 12.0 Å². The summed E-state index contributed by atoms with van der Waals surface area (Å²) in [7, 11) is 1.61. The molecule has 0 atom stereocenters. The molecule has 2 aromatic carbocycles. The standard InChI is InChI=1S/C27H27N5O3/c1-3-14-31-15-12-18(13-16-31)21-17-29-32-25(26(28)33)24(30-27(21)32)19-8-10-20(11-9-19)35-23-7-5-4-6-22(23)34-2/h4-11,17-18,30H,12-13,15-16H2,1-2H3,(H2,28,33). The molecule has 1 fully saturated rings. The van der Waals surface area contributed by atoms with E-state index in [2.05, 4.69) is 26.9 Å². The third-order valence-electron chi connectivity index (χ3n) is 6.37. The van der Waals surface area contributed by atoms with E-state index in [9.17, 15) is 4.79 Å². The van der Waals surface area contributed by atoms with Crippen molar-refractivity contribution in [1.29, 1.82) is 0 Å². The lowest BCUT2D eigenvalue weighted by Crippen LogP contribution is -2.29. The molecule has 0 radical (unpaired) electrons. The first kappa shape index (κ1) is 22.4. The fourth-order valence-corrected chi connectivity index (χ4v) is 4.65. The maximum Gasteiger partial charge on any atom is 0.269 e. The molecule has 0 bridgehead atoms. The summed E-state index contributed by atoms with van der Waals surface area (Å²) < 4.78 is 13.0. The third-order valence-corrected chi connectivity index (χ3v) is 6.37. The first-order valence-corrected chi connectivity index (χ1v) is 11.6. The number of nitrogens with two attached hydrogens (primary N) is 1. The van der Waals surface area contributed by atoms with Gasteiger partial charge in [0.25, 0.3) is 5.91 Å². The summed E-state index contributed by atoms with van der Waals surface area (Å²) in [6.07, 6.45) is 3.80. The normalized spacial score (nSPS) is 13.9. The summed E-state index contributed by atoms with van der Waals surface area (Å²) in [6.45, 7) is 3.68. The summed E-state index contributed by atoms with van der Waals surface area (Å²) in [5.41, 5.74) is 9.48. The summed E-state index contributed by atoms with van der Waals surface area (Å²) in [5, 5.41) is 4.51. The Kier molecular flexibility index (Phi) is 6.06. The Morgan fingerprint density at radius 3 is 2.49 bits per heavy atom. The third kappa shape index (κ3) is 4.28. The Labute approximate surface area is 203 Å². The molecule has 1 aliphatic rings. The summed E-state index contributed by atoms with van der Waals surface area (Å²) in [4.78, 5) is 18.0. The minimum atomic E-state index is -0.539. The van der Waals surface area contributed by atoms with E-state index < -0.39 is 5.91 Å². The number of methoxy groups -OCH3 is 1. The Balaban J connectivity index is 1.44. The lowest BCUT2D eigenvalue weighted by atomic mass is 9.91. The van der Waals surface area contributed by atoms with Gasteiger partial charge in [0, 0.05) is 30.3 Å². The fraction of sp³-hybridized carbons (Fsp3) is 0.259. The van der Waals surface area contributed by atoms with Gasteiger partial charge in [0.15, 0.2) is 17.2 Å². The van der Waals surface area contributed by atoms with Crippen LogP contribution >= 0.6 is 0 Å². The number of nitrogens with zero attached hydrogens (tertiary/aromatic N) is 3. The van der Waals surface area contributed by atoms with Gasteiger partial charge in [-0.1, -0.05) is 18.1 Å². The van der Waals surface area contributed by atoms with Crippen LogP contribution in [0.5, 0.6) is 17.2 Å². The van der Waals surface area contributed by atoms with Gasteiger partial charge in [-0.25, -0.2) is 4.52 Å². The van der Waals surface area contributed by atoms with E-state index in [4.69, 9.17) is 15.2 Å². The van der Waals surface area contributed by atoms with E-state index in [-0.39, 0.29) is 0 Å². The number of aromatic amines is 1. The van der Waals surface area contributed by atoms with Gasteiger partial charge in [-0.05, 0) is 62.1 Å². The lowest BCUT2D eigenvalue weighted by Gasteiger charge is -2.28. The fourth-order valence-electron chi connectivity index (χ4n) is 4.65. The van der Waals surface area contributed by atoms with Crippen LogP contribution in [0.25, 0.3) is 16.9 Å². The Hall–Kier alpha value is -4.38. The van der Waals surface area contributed by atoms with Crippen molar-refractivity contribution in [3.63, 3.8) is 0 Å². The van der Waals surface area contributed by atoms with E-state index in [1.165, 1.54) is 0 Å². The first-order valence-electron chi connectivity index (χ1n) is 11.6. The van der Waals surface area contributed by atoms with Crippen LogP contribution in [0.4, 0.5) is 0 Å². The molecule has 35 heavy (non-hydrogen) atoms. The van der Waals surface area contributed by atoms with Crippen molar-refractivity contribution in [3.05, 3.63) is 66.0 Å². The van der Waals surface area contributed by atoms with Crippen molar-refractivity contribution >= 4 is 11.6 Å². The topological polar surface area (TPSA) is 97.9 Å². The average Bonchev–Trinajstić information content (AvgIpc) is 3.45. The molecule has 1 amide bonds. The number of ether oxygens (including phenoxy) is 2. The summed E-state index contributed by atoms with van der Waals surface area (Å²) >= 11 is 0. The van der Waals surface area contributed by atoms with Gasteiger partial charge in [0.2, 0.25) is 0 Å². The quantitative estimate of drug-likeness (QED) is 0.408. The molecule has 0 unspecified atom stereocenters. The number of para-hydroxylation sites is 2. The van der Waals surface area contributed by atoms with Crippen molar-refractivity contribution in [2.24, 2.45) is 5.73 Å². The summed E-state index contributed by atoms with van der Waals surface area (Å²) in [6, 6.07) is 18.1. The molecule has 8 nitrogen and oxygen atoms in total. The van der Waals surface area contributed by atoms with Gasteiger partial charge in [-0.3, -0.25) is 4.79 Å². The van der Waals surface area contributed by atoms with Crippen LogP contribution in [-0.2, 0) is 0 Å². The number of carbonyl (C=O) groups excluding carboxylic acids is 1. The van der Waals surface area contributed by atoms with Crippen LogP contribution in [0.2, 0.25) is 0 Å². The van der Waals surface area contributed by atoms with Crippen LogP contribution in [-0.4, -0.2) is 45.6 Å². The van der Waals surface area contributed by atoms with Crippen molar-refractivity contribution in [2.75, 3.05) is 20.2 Å². The lowest BCUT2D eigenvalue weighted by molar-refractivity contribution is 0.0994. The zero-order valence-electron chi connectivity index (χ0n) is 19.7. The van der Waals surface area contributed by atoms with E-state index in [1.807, 2.05) is 61.7 Å². The number of carbonyl (C=O) groups is 1. The predicted molar refractivity (Wildman–Crippen MR) is 134 cm³/mol. The molecule has 0 saturated carbocycles. The molecule has 5 rings (SSSR count). The minimum absolute atomic E-state index is 0.332. The van der Waals surface area contributed by atoms with Gasteiger partial charge in [-0.15, -0.1) is 0 Å². The highest BCUT2D eigenvalue weighted by Crippen LogP contribution is 2.35. The van der Waals surface area contributed by atoms with Crippen LogP contribution in [0.3, 0.4) is 0 Å². The van der Waals surface area contributed by atoms with E-state index in [1.54, 1.807) is 11.6 Å². The van der Waals surface area contributed by atoms with Crippen molar-refractivity contribution in [3.8, 4) is 40.5 Å². The van der Waals surface area contributed by atoms with E-state index in [0.717, 1.165) is 42.7 Å². The number of hydrogen-bond acceptors (Lipinski definition) is 5. The Morgan fingerprint density at radius 1 is 1.11 bits per heavy atom. The second-order valence-corrected chi connectivity index (χ2v) is 8.47. The molecule has 1 saturated heterocycles. The van der Waals surface area contributed by atoms with Crippen molar-refractivity contribution in [2.45, 2.75) is 25.7 Å². The van der Waals surface area contributed by atoms with Gasteiger partial charge < -0.3 is 25.1 Å². The Bertz CT molecular complexity index is 1420. The minimum Gasteiger partial charge on any atom is -0.493 e. The van der Waals surface area contributed by atoms with Gasteiger partial charge >= 0.3 is 0 Å². The highest BCUT2D eigenvalue weighted by molar-refractivity contribution is 5.98. The molecule has 4 aromatic rings. The molecule has 0 spiro atoms. The van der Waals surface area contributed by atoms with E-state index in [0.29, 0.717) is 34.6 Å². The maximum absolute atomic E-state index is 12.4. The highest BCUT2D eigenvalue weighted by Gasteiger charge is 2.26. The first-order chi connectivity index (χ1) is 17.1. The van der Waals surface area contributed by atoms with Gasteiger partial charge in [-0.2, -0.15) is 5.10 Å². The van der Waals surface area contributed by atoms with Gasteiger partial charge in [0.05, 0.1) is 19.0 Å². The number of likely N-dealkylation sites (tertiary alicyclic amines) is 1. The molecular formula is C27H27N5O3. The number of primary amides is 1. The molecule has 8 heteroatoms. The largest absolute Gasteiger partial charge is 0.493 e. The number of hydrogen-bond donors (Lipinski definition) is 2. The van der Waals surface area contributed by atoms with E-state index >= 15 is 0 Å².